The lowest BCUT2D eigenvalue weighted by molar-refractivity contribution is 0.135. The van der Waals surface area contributed by atoms with Gasteiger partial charge in [-0.25, -0.2) is 4.79 Å². The summed E-state index contributed by atoms with van der Waals surface area (Å²) < 4.78 is 5.64. The van der Waals surface area contributed by atoms with Crippen molar-refractivity contribution in [1.29, 1.82) is 0 Å². The van der Waals surface area contributed by atoms with Crippen LogP contribution in [0.4, 0.5) is 4.79 Å². The van der Waals surface area contributed by atoms with E-state index < -0.39 is 5.54 Å². The number of hydrogen-bond donors (Lipinski definition) is 0. The summed E-state index contributed by atoms with van der Waals surface area (Å²) in [6.07, 6.45) is 1.80. The van der Waals surface area contributed by atoms with Crippen molar-refractivity contribution in [3.63, 3.8) is 0 Å². The van der Waals surface area contributed by atoms with Crippen LogP contribution in [0.15, 0.2) is 90.5 Å². The molecule has 144 valence electrons. The maximum Gasteiger partial charge on any atom is 0.411 e. The Balaban J connectivity index is 1.91. The van der Waals surface area contributed by atoms with Gasteiger partial charge in [-0.05, 0) is 41.7 Å². The van der Waals surface area contributed by atoms with E-state index in [1.165, 1.54) is 11.1 Å². The highest BCUT2D eigenvalue weighted by Crippen LogP contribution is 2.56. The van der Waals surface area contributed by atoms with E-state index in [1.54, 1.807) is 0 Å². The lowest BCUT2D eigenvalue weighted by Gasteiger charge is -2.43. The van der Waals surface area contributed by atoms with Gasteiger partial charge in [-0.1, -0.05) is 90.5 Å². The third-order valence-electron chi connectivity index (χ3n) is 6.33. The minimum absolute atomic E-state index is 0.119. The third kappa shape index (κ3) is 2.34. The van der Waals surface area contributed by atoms with Gasteiger partial charge in [-0.3, -0.25) is 4.90 Å². The summed E-state index contributed by atoms with van der Waals surface area (Å²) in [6, 6.07) is 27.1. The zero-order valence-corrected chi connectivity index (χ0v) is 16.6. The Morgan fingerprint density at radius 1 is 0.931 bits per heavy atom. The first-order valence-corrected chi connectivity index (χ1v) is 10.0. The van der Waals surface area contributed by atoms with Gasteiger partial charge in [0.05, 0.1) is 6.04 Å². The molecule has 0 bridgehead atoms. The van der Waals surface area contributed by atoms with Crippen LogP contribution >= 0.6 is 0 Å². The number of hydrogen-bond acceptors (Lipinski definition) is 2. The van der Waals surface area contributed by atoms with Crippen LogP contribution in [0.5, 0.6) is 0 Å². The van der Waals surface area contributed by atoms with Crippen LogP contribution in [-0.2, 0) is 10.3 Å². The molecule has 1 aliphatic carbocycles. The standard InChI is InChI=1S/C26H23NO2/c1-3-18(2)24-17-29-25(28)27(24)26(19-11-5-4-6-12-19)22-15-9-7-13-20(22)21-14-8-10-16-23(21)26/h3-16,24H,17H2,1-2H3/b18-3+. The van der Waals surface area contributed by atoms with Crippen LogP contribution in [0, 0.1) is 0 Å². The predicted octanol–water partition coefficient (Wildman–Crippen LogP) is 5.75. The molecule has 1 heterocycles. The molecule has 2 aliphatic rings. The van der Waals surface area contributed by atoms with Crippen LogP contribution in [0.25, 0.3) is 11.1 Å². The monoisotopic (exact) mass is 381 g/mol. The molecule has 0 aromatic heterocycles. The lowest BCUT2D eigenvalue weighted by atomic mass is 9.78. The second-order valence-electron chi connectivity index (χ2n) is 7.66. The van der Waals surface area contributed by atoms with Crippen LogP contribution < -0.4 is 0 Å². The molecule has 3 aromatic rings. The molecule has 0 radical (unpaired) electrons. The number of amides is 1. The van der Waals surface area contributed by atoms with Crippen molar-refractivity contribution in [2.45, 2.75) is 25.4 Å². The largest absolute Gasteiger partial charge is 0.447 e. The molecular formula is C26H23NO2. The van der Waals surface area contributed by atoms with E-state index >= 15 is 0 Å². The van der Waals surface area contributed by atoms with Crippen molar-refractivity contribution in [3.05, 3.63) is 107 Å². The van der Waals surface area contributed by atoms with E-state index in [1.807, 2.05) is 30.0 Å². The van der Waals surface area contributed by atoms with Crippen LogP contribution in [0.3, 0.4) is 0 Å². The van der Waals surface area contributed by atoms with Gasteiger partial charge in [-0.15, -0.1) is 0 Å². The number of allylic oxidation sites excluding steroid dienone is 1. The molecule has 3 nitrogen and oxygen atoms in total. The zero-order valence-electron chi connectivity index (χ0n) is 16.6. The number of fused-ring (bicyclic) bond motifs is 3. The second kappa shape index (κ2) is 6.63. The third-order valence-corrected chi connectivity index (χ3v) is 6.33. The summed E-state index contributed by atoms with van der Waals surface area (Å²) in [7, 11) is 0. The molecule has 29 heavy (non-hydrogen) atoms. The smallest absolute Gasteiger partial charge is 0.411 e. The van der Waals surface area contributed by atoms with Gasteiger partial charge >= 0.3 is 6.09 Å². The van der Waals surface area contributed by atoms with Crippen molar-refractivity contribution >= 4 is 6.09 Å². The van der Waals surface area contributed by atoms with Crippen molar-refractivity contribution in [3.8, 4) is 11.1 Å². The Morgan fingerprint density at radius 2 is 1.48 bits per heavy atom. The van der Waals surface area contributed by atoms with Crippen molar-refractivity contribution in [1.82, 2.24) is 4.90 Å². The zero-order chi connectivity index (χ0) is 20.0. The van der Waals surface area contributed by atoms with Gasteiger partial charge in [0, 0.05) is 0 Å². The Kier molecular flexibility index (Phi) is 4.06. The van der Waals surface area contributed by atoms with Crippen LogP contribution in [0.1, 0.15) is 30.5 Å². The van der Waals surface area contributed by atoms with E-state index in [9.17, 15) is 4.79 Å². The van der Waals surface area contributed by atoms with E-state index in [2.05, 4.69) is 73.7 Å². The Hall–Kier alpha value is -3.33. The van der Waals surface area contributed by atoms with Gasteiger partial charge in [0.1, 0.15) is 12.1 Å². The van der Waals surface area contributed by atoms with E-state index in [-0.39, 0.29) is 12.1 Å². The maximum atomic E-state index is 13.3. The molecule has 1 atom stereocenters. The highest BCUT2D eigenvalue weighted by Gasteiger charge is 2.55. The second-order valence-corrected chi connectivity index (χ2v) is 7.66. The van der Waals surface area contributed by atoms with Crippen molar-refractivity contribution < 1.29 is 9.53 Å². The maximum absolute atomic E-state index is 13.3. The fourth-order valence-corrected chi connectivity index (χ4v) is 4.92. The summed E-state index contributed by atoms with van der Waals surface area (Å²) in [5, 5.41) is 0. The fourth-order valence-electron chi connectivity index (χ4n) is 4.92. The Bertz CT molecular complexity index is 1070. The minimum Gasteiger partial charge on any atom is -0.447 e. The first-order valence-electron chi connectivity index (χ1n) is 10.0. The van der Waals surface area contributed by atoms with Gasteiger partial charge < -0.3 is 4.74 Å². The molecule has 0 N–H and O–H groups in total. The summed E-state index contributed by atoms with van der Waals surface area (Å²) >= 11 is 0. The van der Waals surface area contributed by atoms with E-state index in [4.69, 9.17) is 4.74 Å². The SMILES string of the molecule is C/C=C(\C)C1COC(=O)N1C1(c2ccccc2)c2ccccc2-c2ccccc21. The number of carbonyl (C=O) groups is 1. The minimum atomic E-state index is -0.725. The van der Waals surface area contributed by atoms with Crippen molar-refractivity contribution in [2.24, 2.45) is 0 Å². The molecule has 0 saturated carbocycles. The fraction of sp³-hybridized carbons (Fsp3) is 0.192. The quantitative estimate of drug-likeness (QED) is 0.541. The Morgan fingerprint density at radius 3 is 2.07 bits per heavy atom. The number of carbonyl (C=O) groups excluding carboxylic acids is 1. The first kappa shape index (κ1) is 17.7. The van der Waals surface area contributed by atoms with E-state index in [0.717, 1.165) is 22.3 Å². The highest BCUT2D eigenvalue weighted by atomic mass is 16.6. The average molecular weight is 381 g/mol. The first-order chi connectivity index (χ1) is 14.2. The summed E-state index contributed by atoms with van der Waals surface area (Å²) in [4.78, 5) is 15.2. The molecule has 1 unspecified atom stereocenters. The molecule has 1 amide bonds. The molecule has 1 aliphatic heterocycles. The Labute approximate surface area is 171 Å². The molecule has 0 spiro atoms. The van der Waals surface area contributed by atoms with E-state index in [0.29, 0.717) is 6.61 Å². The molecule has 5 rings (SSSR count). The van der Waals surface area contributed by atoms with Crippen LogP contribution in [-0.4, -0.2) is 23.6 Å². The molecule has 3 heteroatoms. The topological polar surface area (TPSA) is 29.5 Å². The van der Waals surface area contributed by atoms with Gasteiger partial charge in [0.25, 0.3) is 0 Å². The molecule has 3 aromatic carbocycles. The van der Waals surface area contributed by atoms with Gasteiger partial charge in [-0.2, -0.15) is 0 Å². The summed E-state index contributed by atoms with van der Waals surface area (Å²) in [5.41, 5.74) is 6.07. The summed E-state index contributed by atoms with van der Waals surface area (Å²) in [6.45, 7) is 4.46. The number of benzene rings is 3. The van der Waals surface area contributed by atoms with Crippen LogP contribution in [0.2, 0.25) is 0 Å². The normalized spacial score (nSPS) is 19.7. The predicted molar refractivity (Wildman–Crippen MR) is 115 cm³/mol. The number of nitrogens with zero attached hydrogens (tertiary/aromatic N) is 1. The summed E-state index contributed by atoms with van der Waals surface area (Å²) in [5.74, 6) is 0. The molecule has 1 fully saturated rings. The highest BCUT2D eigenvalue weighted by molar-refractivity contribution is 5.87. The average Bonchev–Trinajstić information content (AvgIpc) is 3.30. The molecule has 1 saturated heterocycles. The molecular weight excluding hydrogens is 358 g/mol. The van der Waals surface area contributed by atoms with Gasteiger partial charge in [0.15, 0.2) is 0 Å². The van der Waals surface area contributed by atoms with Crippen molar-refractivity contribution in [2.75, 3.05) is 6.61 Å². The number of cyclic esters (lactones) is 1. The number of rotatable bonds is 3. The van der Waals surface area contributed by atoms with Gasteiger partial charge in [0.2, 0.25) is 0 Å². The lowest BCUT2D eigenvalue weighted by Crippen LogP contribution is -2.51. The number of ether oxygens (including phenoxy) is 1.